The molecule has 1 aromatic carbocycles. The summed E-state index contributed by atoms with van der Waals surface area (Å²) in [5.41, 5.74) is 2.12. The summed E-state index contributed by atoms with van der Waals surface area (Å²) in [5.74, 6) is 1.05. The smallest absolute Gasteiger partial charge is 0.226 e. The average Bonchev–Trinajstić information content (AvgIpc) is 2.67. The molecular weight excluding hydrogens is 328 g/mol. The highest BCUT2D eigenvalue weighted by Crippen LogP contribution is 2.21. The van der Waals surface area contributed by atoms with Crippen LogP contribution in [0.15, 0.2) is 29.3 Å². The lowest BCUT2D eigenvalue weighted by Gasteiger charge is -2.26. The summed E-state index contributed by atoms with van der Waals surface area (Å²) in [6.07, 6.45) is 3.70. The lowest BCUT2D eigenvalue weighted by atomic mass is 10.1. The topological polar surface area (TPSA) is 66.0 Å². The van der Waals surface area contributed by atoms with Crippen LogP contribution in [0.2, 0.25) is 0 Å². The van der Waals surface area contributed by atoms with E-state index in [4.69, 9.17) is 4.74 Å². The number of amides is 1. The minimum Gasteiger partial charge on any atom is -0.382 e. The van der Waals surface area contributed by atoms with E-state index in [1.165, 1.54) is 0 Å². The van der Waals surface area contributed by atoms with Gasteiger partial charge in [0, 0.05) is 45.0 Å². The van der Waals surface area contributed by atoms with Gasteiger partial charge in [0.2, 0.25) is 5.91 Å². The van der Waals surface area contributed by atoms with Crippen molar-refractivity contribution in [1.82, 2.24) is 10.6 Å². The van der Waals surface area contributed by atoms with Gasteiger partial charge in [-0.05, 0) is 50.8 Å². The number of hydrogen-bond donors (Lipinski definition) is 2. The molecule has 144 valence electrons. The van der Waals surface area contributed by atoms with Gasteiger partial charge < -0.3 is 20.3 Å². The molecule has 0 aliphatic carbocycles. The second kappa shape index (κ2) is 11.5. The number of nitrogens with one attached hydrogen (secondary N) is 2. The predicted octanol–water partition coefficient (Wildman–Crippen LogP) is 2.69. The molecule has 1 aliphatic rings. The Kier molecular flexibility index (Phi) is 8.96. The molecule has 0 bridgehead atoms. The quantitative estimate of drug-likeness (QED) is 0.404. The molecule has 6 nitrogen and oxygen atoms in total. The fourth-order valence-electron chi connectivity index (χ4n) is 2.90. The third-order valence-corrected chi connectivity index (χ3v) is 4.30. The van der Waals surface area contributed by atoms with Gasteiger partial charge in [-0.2, -0.15) is 0 Å². The third kappa shape index (κ3) is 6.67. The van der Waals surface area contributed by atoms with Crippen molar-refractivity contribution in [2.24, 2.45) is 4.99 Å². The zero-order chi connectivity index (χ0) is 18.6. The first kappa shape index (κ1) is 20.2. The van der Waals surface area contributed by atoms with Crippen LogP contribution in [0.1, 0.15) is 45.1 Å². The predicted molar refractivity (Wildman–Crippen MR) is 107 cm³/mol. The van der Waals surface area contributed by atoms with Crippen LogP contribution < -0.4 is 15.5 Å². The van der Waals surface area contributed by atoms with Crippen LogP contribution >= 0.6 is 0 Å². The van der Waals surface area contributed by atoms with Gasteiger partial charge in [0.1, 0.15) is 0 Å². The maximum Gasteiger partial charge on any atom is 0.226 e. The minimum atomic E-state index is 0.229. The highest BCUT2D eigenvalue weighted by Gasteiger charge is 2.19. The molecule has 0 atom stereocenters. The molecule has 0 unspecified atom stereocenters. The van der Waals surface area contributed by atoms with Crippen LogP contribution in [0.4, 0.5) is 5.69 Å². The average molecular weight is 361 g/mol. The Morgan fingerprint density at radius 3 is 2.69 bits per heavy atom. The highest BCUT2D eigenvalue weighted by molar-refractivity contribution is 5.93. The van der Waals surface area contributed by atoms with Gasteiger partial charge in [0.25, 0.3) is 0 Å². The number of hydrogen-bond acceptors (Lipinski definition) is 3. The first-order valence-electron chi connectivity index (χ1n) is 9.73. The minimum absolute atomic E-state index is 0.229. The standard InChI is InChI=1S/C20H32N4O2/c1-3-21-20(22-13-7-15-26-4-2)23-16-17-9-11-18(12-10-17)24-14-6-5-8-19(24)25/h9-12H,3-8,13-16H2,1-2H3,(H2,21,22,23). The number of guanidine groups is 1. The second-order valence-electron chi connectivity index (χ2n) is 6.34. The molecule has 1 saturated heterocycles. The molecule has 1 amide bonds. The molecule has 0 saturated carbocycles. The van der Waals surface area contributed by atoms with E-state index in [1.54, 1.807) is 0 Å². The summed E-state index contributed by atoms with van der Waals surface area (Å²) in [6, 6.07) is 8.16. The van der Waals surface area contributed by atoms with Crippen molar-refractivity contribution in [2.45, 2.75) is 46.1 Å². The lowest BCUT2D eigenvalue weighted by Crippen LogP contribution is -2.38. The molecule has 1 aliphatic heterocycles. The third-order valence-electron chi connectivity index (χ3n) is 4.30. The van der Waals surface area contributed by atoms with Gasteiger partial charge in [-0.15, -0.1) is 0 Å². The van der Waals surface area contributed by atoms with E-state index in [0.29, 0.717) is 13.0 Å². The highest BCUT2D eigenvalue weighted by atomic mass is 16.5. The van der Waals surface area contributed by atoms with Gasteiger partial charge in [-0.25, -0.2) is 4.99 Å². The Morgan fingerprint density at radius 1 is 1.19 bits per heavy atom. The van der Waals surface area contributed by atoms with E-state index in [-0.39, 0.29) is 5.91 Å². The van der Waals surface area contributed by atoms with Crippen molar-refractivity contribution in [3.8, 4) is 0 Å². The van der Waals surface area contributed by atoms with Gasteiger partial charge in [0.05, 0.1) is 6.54 Å². The van der Waals surface area contributed by atoms with Crippen molar-refractivity contribution in [3.63, 3.8) is 0 Å². The Balaban J connectivity index is 1.86. The fourth-order valence-corrected chi connectivity index (χ4v) is 2.90. The van der Waals surface area contributed by atoms with Gasteiger partial charge in [-0.1, -0.05) is 12.1 Å². The lowest BCUT2D eigenvalue weighted by molar-refractivity contribution is -0.119. The van der Waals surface area contributed by atoms with E-state index in [9.17, 15) is 4.79 Å². The van der Waals surface area contributed by atoms with Gasteiger partial charge >= 0.3 is 0 Å². The number of benzene rings is 1. The van der Waals surface area contributed by atoms with Crippen molar-refractivity contribution >= 4 is 17.6 Å². The molecule has 2 rings (SSSR count). The molecule has 1 heterocycles. The van der Waals surface area contributed by atoms with Crippen molar-refractivity contribution in [3.05, 3.63) is 29.8 Å². The van der Waals surface area contributed by atoms with E-state index >= 15 is 0 Å². The Hall–Kier alpha value is -2.08. The molecular formula is C20H32N4O2. The number of nitrogens with zero attached hydrogens (tertiary/aromatic N) is 2. The van der Waals surface area contributed by atoms with Crippen LogP contribution in [0, 0.1) is 0 Å². The number of rotatable bonds is 9. The number of carbonyl (C=O) groups is 1. The molecule has 26 heavy (non-hydrogen) atoms. The molecule has 0 aromatic heterocycles. The summed E-state index contributed by atoms with van der Waals surface area (Å²) in [4.78, 5) is 18.5. The van der Waals surface area contributed by atoms with Crippen LogP contribution in [0.3, 0.4) is 0 Å². The Labute approximate surface area is 157 Å². The number of ether oxygens (including phenoxy) is 1. The normalized spacial score (nSPS) is 15.2. The molecule has 2 N–H and O–H groups in total. The summed E-state index contributed by atoms with van der Waals surface area (Å²) in [5, 5.41) is 6.58. The monoisotopic (exact) mass is 360 g/mol. The number of anilines is 1. The molecule has 0 spiro atoms. The zero-order valence-electron chi connectivity index (χ0n) is 16.1. The number of carbonyl (C=O) groups excluding carboxylic acids is 1. The summed E-state index contributed by atoms with van der Waals surface area (Å²) < 4.78 is 5.35. The second-order valence-corrected chi connectivity index (χ2v) is 6.34. The Morgan fingerprint density at radius 2 is 2.00 bits per heavy atom. The maximum atomic E-state index is 12.0. The first-order chi connectivity index (χ1) is 12.7. The molecule has 1 fully saturated rings. The summed E-state index contributed by atoms with van der Waals surface area (Å²) >= 11 is 0. The van der Waals surface area contributed by atoms with Crippen LogP contribution in [-0.4, -0.2) is 44.7 Å². The number of aliphatic imine (C=N–C) groups is 1. The first-order valence-corrected chi connectivity index (χ1v) is 9.73. The summed E-state index contributed by atoms with van der Waals surface area (Å²) in [6.45, 7) is 8.68. The fraction of sp³-hybridized carbons (Fsp3) is 0.600. The van der Waals surface area contributed by atoms with Crippen molar-refractivity contribution in [2.75, 3.05) is 37.7 Å². The zero-order valence-corrected chi connectivity index (χ0v) is 16.1. The van der Waals surface area contributed by atoms with E-state index in [0.717, 1.165) is 69.3 Å². The molecule has 6 heteroatoms. The van der Waals surface area contributed by atoms with Gasteiger partial charge in [0.15, 0.2) is 5.96 Å². The van der Waals surface area contributed by atoms with Crippen LogP contribution in [0.25, 0.3) is 0 Å². The maximum absolute atomic E-state index is 12.0. The SMILES string of the molecule is CCNC(=NCc1ccc(N2CCCCC2=O)cc1)NCCCOCC. The summed E-state index contributed by atoms with van der Waals surface area (Å²) in [7, 11) is 0. The van der Waals surface area contributed by atoms with Crippen LogP contribution in [0.5, 0.6) is 0 Å². The van der Waals surface area contributed by atoms with E-state index < -0.39 is 0 Å². The number of piperidine rings is 1. The van der Waals surface area contributed by atoms with Crippen LogP contribution in [-0.2, 0) is 16.1 Å². The van der Waals surface area contributed by atoms with Crippen molar-refractivity contribution < 1.29 is 9.53 Å². The van der Waals surface area contributed by atoms with E-state index in [2.05, 4.69) is 34.7 Å². The Bertz CT molecular complexity index is 572. The molecule has 0 radical (unpaired) electrons. The van der Waals surface area contributed by atoms with E-state index in [1.807, 2.05) is 24.0 Å². The van der Waals surface area contributed by atoms with Crippen molar-refractivity contribution in [1.29, 1.82) is 0 Å². The largest absolute Gasteiger partial charge is 0.382 e. The molecule has 1 aromatic rings. The van der Waals surface area contributed by atoms with Gasteiger partial charge in [-0.3, -0.25) is 4.79 Å².